The van der Waals surface area contributed by atoms with Gasteiger partial charge in [0.15, 0.2) is 0 Å². The van der Waals surface area contributed by atoms with Crippen LogP contribution in [0.2, 0.25) is 0 Å². The zero-order valence-corrected chi connectivity index (χ0v) is 10.1. The van der Waals surface area contributed by atoms with Crippen LogP contribution in [0.3, 0.4) is 0 Å². The lowest BCUT2D eigenvalue weighted by Crippen LogP contribution is -2.23. The maximum atomic E-state index is 11.6. The first-order chi connectivity index (χ1) is 8.24. The normalized spacial score (nSPS) is 25.0. The number of carbonyl (C=O) groups is 1. The average molecular weight is 234 g/mol. The van der Waals surface area contributed by atoms with Gasteiger partial charge in [-0.2, -0.15) is 0 Å². The smallest absolute Gasteiger partial charge is 0.331 e. The van der Waals surface area contributed by atoms with E-state index in [1.807, 2.05) is 0 Å². The molecule has 0 saturated heterocycles. The third kappa shape index (κ3) is 3.77. The molecule has 2 unspecified atom stereocenters. The second-order valence-corrected chi connectivity index (χ2v) is 4.68. The summed E-state index contributed by atoms with van der Waals surface area (Å²) in [5.74, 6) is 1.05. The van der Waals surface area contributed by atoms with Crippen LogP contribution >= 0.6 is 0 Å². The van der Waals surface area contributed by atoms with Crippen LogP contribution in [0.4, 0.5) is 0 Å². The zero-order chi connectivity index (χ0) is 12.1. The molecule has 3 nitrogen and oxygen atoms in total. The number of rotatable bonds is 3. The molecule has 0 radical (unpaired) electrons. The summed E-state index contributed by atoms with van der Waals surface area (Å²) >= 11 is 0. The van der Waals surface area contributed by atoms with E-state index in [0.29, 0.717) is 11.7 Å². The molecule has 2 atom stereocenters. The highest BCUT2D eigenvalue weighted by Gasteiger charge is 2.21. The fraction of sp³-hybridized carbons (Fsp3) is 0.500. The number of furan rings is 1. The monoisotopic (exact) mass is 234 g/mol. The van der Waals surface area contributed by atoms with Crippen LogP contribution in [0.1, 0.15) is 38.4 Å². The van der Waals surface area contributed by atoms with Gasteiger partial charge < -0.3 is 9.15 Å². The summed E-state index contributed by atoms with van der Waals surface area (Å²) in [5, 5.41) is 0. The number of hydrogen-bond donors (Lipinski definition) is 0. The molecule has 0 spiro atoms. The second kappa shape index (κ2) is 5.71. The summed E-state index contributed by atoms with van der Waals surface area (Å²) in [6.07, 6.45) is 9.11. The molecule has 0 aromatic carbocycles. The highest BCUT2D eigenvalue weighted by Crippen LogP contribution is 2.25. The molecule has 1 fully saturated rings. The van der Waals surface area contributed by atoms with Crippen molar-refractivity contribution in [3.05, 3.63) is 30.2 Å². The summed E-state index contributed by atoms with van der Waals surface area (Å²) in [6.45, 7) is 2.21. The van der Waals surface area contributed by atoms with E-state index < -0.39 is 0 Å². The van der Waals surface area contributed by atoms with E-state index >= 15 is 0 Å². The molecule has 1 aliphatic carbocycles. The van der Waals surface area contributed by atoms with Crippen LogP contribution in [0, 0.1) is 5.92 Å². The van der Waals surface area contributed by atoms with Crippen molar-refractivity contribution < 1.29 is 13.9 Å². The number of hydrogen-bond acceptors (Lipinski definition) is 3. The lowest BCUT2D eigenvalue weighted by Gasteiger charge is -2.25. The quantitative estimate of drug-likeness (QED) is 0.594. The van der Waals surface area contributed by atoms with Crippen LogP contribution < -0.4 is 0 Å². The molecule has 0 aliphatic heterocycles. The minimum Gasteiger partial charge on any atom is -0.465 e. The number of ether oxygens (including phenoxy) is 1. The first-order valence-corrected chi connectivity index (χ1v) is 6.16. The van der Waals surface area contributed by atoms with Crippen molar-refractivity contribution in [2.45, 2.75) is 38.7 Å². The van der Waals surface area contributed by atoms with Gasteiger partial charge in [0.25, 0.3) is 0 Å². The first kappa shape index (κ1) is 12.0. The topological polar surface area (TPSA) is 39.4 Å². The fourth-order valence-corrected chi connectivity index (χ4v) is 2.23. The minimum atomic E-state index is -0.277. The van der Waals surface area contributed by atoms with Crippen LogP contribution in [0.25, 0.3) is 6.08 Å². The summed E-state index contributed by atoms with van der Waals surface area (Å²) < 4.78 is 10.5. The Labute approximate surface area is 101 Å². The standard InChI is InChI=1S/C14H18O3/c1-11-4-2-5-13(10-11)17-14(15)8-7-12-6-3-9-16-12/h3,6-9,11,13H,2,4-5,10H2,1H3. The van der Waals surface area contributed by atoms with Crippen LogP contribution in [0.15, 0.2) is 28.9 Å². The number of carbonyl (C=O) groups excluding carboxylic acids is 1. The van der Waals surface area contributed by atoms with E-state index in [1.165, 1.54) is 12.5 Å². The zero-order valence-electron chi connectivity index (χ0n) is 10.1. The van der Waals surface area contributed by atoms with E-state index in [0.717, 1.165) is 19.3 Å². The van der Waals surface area contributed by atoms with Crippen molar-refractivity contribution >= 4 is 12.0 Å². The fourth-order valence-electron chi connectivity index (χ4n) is 2.23. The van der Waals surface area contributed by atoms with Gasteiger partial charge in [0.1, 0.15) is 11.9 Å². The van der Waals surface area contributed by atoms with Crippen molar-refractivity contribution in [2.24, 2.45) is 5.92 Å². The molecule has 1 heterocycles. The summed E-state index contributed by atoms with van der Waals surface area (Å²) in [5.41, 5.74) is 0. The molecular formula is C14H18O3. The maximum Gasteiger partial charge on any atom is 0.331 e. The Morgan fingerprint density at radius 3 is 3.12 bits per heavy atom. The lowest BCUT2D eigenvalue weighted by molar-refractivity contribution is -0.144. The van der Waals surface area contributed by atoms with Crippen molar-refractivity contribution in [3.63, 3.8) is 0 Å². The van der Waals surface area contributed by atoms with Gasteiger partial charge in [-0.3, -0.25) is 0 Å². The summed E-state index contributed by atoms with van der Waals surface area (Å²) in [6, 6.07) is 3.58. The van der Waals surface area contributed by atoms with Gasteiger partial charge in [0.2, 0.25) is 0 Å². The van der Waals surface area contributed by atoms with Gasteiger partial charge in [-0.15, -0.1) is 0 Å². The molecular weight excluding hydrogens is 216 g/mol. The van der Waals surface area contributed by atoms with Gasteiger partial charge in [-0.25, -0.2) is 4.79 Å². The van der Waals surface area contributed by atoms with E-state index in [9.17, 15) is 4.79 Å². The Bertz CT molecular complexity index is 378. The largest absolute Gasteiger partial charge is 0.465 e. The van der Waals surface area contributed by atoms with E-state index in [2.05, 4.69) is 6.92 Å². The Morgan fingerprint density at radius 1 is 1.53 bits per heavy atom. The Kier molecular flexibility index (Phi) is 4.02. The van der Waals surface area contributed by atoms with E-state index in [-0.39, 0.29) is 12.1 Å². The molecule has 92 valence electrons. The van der Waals surface area contributed by atoms with Crippen molar-refractivity contribution in [2.75, 3.05) is 0 Å². The van der Waals surface area contributed by atoms with Crippen LogP contribution in [0.5, 0.6) is 0 Å². The van der Waals surface area contributed by atoms with Crippen LogP contribution in [-0.4, -0.2) is 12.1 Å². The SMILES string of the molecule is CC1CCCC(OC(=O)C=Cc2ccco2)C1. The molecule has 1 saturated carbocycles. The predicted molar refractivity (Wildman–Crippen MR) is 65.3 cm³/mol. The number of esters is 1. The molecule has 2 rings (SSSR count). The summed E-state index contributed by atoms with van der Waals surface area (Å²) in [7, 11) is 0. The van der Waals surface area contributed by atoms with Gasteiger partial charge in [0, 0.05) is 6.08 Å². The van der Waals surface area contributed by atoms with Crippen molar-refractivity contribution in [1.82, 2.24) is 0 Å². The van der Waals surface area contributed by atoms with Crippen LogP contribution in [-0.2, 0) is 9.53 Å². The van der Waals surface area contributed by atoms with Crippen molar-refractivity contribution in [1.29, 1.82) is 0 Å². The second-order valence-electron chi connectivity index (χ2n) is 4.68. The highest BCUT2D eigenvalue weighted by molar-refractivity contribution is 5.86. The highest BCUT2D eigenvalue weighted by atomic mass is 16.5. The third-order valence-corrected chi connectivity index (χ3v) is 3.10. The average Bonchev–Trinajstić information content (AvgIpc) is 2.79. The minimum absolute atomic E-state index is 0.0903. The Morgan fingerprint density at radius 2 is 2.41 bits per heavy atom. The first-order valence-electron chi connectivity index (χ1n) is 6.16. The molecule has 0 N–H and O–H groups in total. The van der Waals surface area contributed by atoms with E-state index in [1.54, 1.807) is 24.5 Å². The third-order valence-electron chi connectivity index (χ3n) is 3.10. The molecule has 17 heavy (non-hydrogen) atoms. The van der Waals surface area contributed by atoms with Gasteiger partial charge in [0.05, 0.1) is 6.26 Å². The predicted octanol–water partition coefficient (Wildman–Crippen LogP) is 3.41. The maximum absolute atomic E-state index is 11.6. The Hall–Kier alpha value is -1.51. The molecule has 0 bridgehead atoms. The molecule has 1 aromatic rings. The van der Waals surface area contributed by atoms with Gasteiger partial charge >= 0.3 is 5.97 Å². The van der Waals surface area contributed by atoms with Crippen molar-refractivity contribution in [3.8, 4) is 0 Å². The molecule has 1 aliphatic rings. The molecule has 0 amide bonds. The summed E-state index contributed by atoms with van der Waals surface area (Å²) in [4.78, 5) is 11.6. The van der Waals surface area contributed by atoms with E-state index in [4.69, 9.17) is 9.15 Å². The molecule has 3 heteroatoms. The van der Waals surface area contributed by atoms with Gasteiger partial charge in [-0.1, -0.05) is 13.3 Å². The molecule has 1 aromatic heterocycles. The Balaban J connectivity index is 1.80. The van der Waals surface area contributed by atoms with Gasteiger partial charge in [-0.05, 0) is 43.4 Å². The lowest BCUT2D eigenvalue weighted by atomic mass is 9.89.